The Labute approximate surface area is 192 Å². The van der Waals surface area contributed by atoms with Crippen LogP contribution in [-0.4, -0.2) is 46.6 Å². The number of hydrogen-bond acceptors (Lipinski definition) is 8. The van der Waals surface area contributed by atoms with Crippen molar-refractivity contribution in [1.29, 1.82) is 0 Å². The van der Waals surface area contributed by atoms with E-state index in [4.69, 9.17) is 4.74 Å². The fourth-order valence-electron chi connectivity index (χ4n) is 4.18. The van der Waals surface area contributed by atoms with Crippen molar-refractivity contribution in [3.8, 4) is 5.75 Å². The molecule has 2 aliphatic heterocycles. The van der Waals surface area contributed by atoms with Gasteiger partial charge in [-0.25, -0.2) is 10.9 Å². The van der Waals surface area contributed by atoms with Crippen LogP contribution in [0, 0.1) is 6.92 Å². The van der Waals surface area contributed by atoms with Gasteiger partial charge in [0.05, 0.1) is 24.6 Å². The predicted octanol–water partition coefficient (Wildman–Crippen LogP) is 1.95. The first-order valence-corrected chi connectivity index (χ1v) is 11.1. The van der Waals surface area contributed by atoms with E-state index < -0.39 is 0 Å². The quantitative estimate of drug-likeness (QED) is 0.457. The number of rotatable bonds is 6. The highest BCUT2D eigenvalue weighted by molar-refractivity contribution is 5.95. The van der Waals surface area contributed by atoms with Gasteiger partial charge in [-0.05, 0) is 42.8 Å². The number of fused-ring (bicyclic) bond motifs is 3. The summed E-state index contributed by atoms with van der Waals surface area (Å²) in [6, 6.07) is 13.4. The number of hydrazine groups is 1. The van der Waals surface area contributed by atoms with Crippen molar-refractivity contribution in [2.45, 2.75) is 25.8 Å². The number of carbonyl (C=O) groups is 1. The second-order valence-electron chi connectivity index (χ2n) is 8.12. The van der Waals surface area contributed by atoms with Crippen molar-refractivity contribution >= 4 is 11.6 Å². The number of hydrogen-bond donors (Lipinski definition) is 4. The van der Waals surface area contributed by atoms with Gasteiger partial charge in [0.1, 0.15) is 18.5 Å². The van der Waals surface area contributed by atoms with Crippen molar-refractivity contribution in [2.24, 2.45) is 0 Å². The molecule has 170 valence electrons. The van der Waals surface area contributed by atoms with Crippen LogP contribution in [0.5, 0.6) is 5.75 Å². The van der Waals surface area contributed by atoms with E-state index in [1.807, 2.05) is 49.4 Å². The Morgan fingerprint density at radius 3 is 3.06 bits per heavy atom. The Bertz CT molecular complexity index is 1140. The first kappa shape index (κ1) is 21.3. The van der Waals surface area contributed by atoms with Crippen molar-refractivity contribution in [3.63, 3.8) is 0 Å². The zero-order valence-corrected chi connectivity index (χ0v) is 18.4. The van der Waals surface area contributed by atoms with E-state index in [1.54, 1.807) is 18.6 Å². The molecule has 0 bridgehead atoms. The summed E-state index contributed by atoms with van der Waals surface area (Å²) in [5.74, 6) is 0.687. The summed E-state index contributed by atoms with van der Waals surface area (Å²) in [7, 11) is 0. The molecule has 2 atom stereocenters. The maximum Gasteiger partial charge on any atom is 0.251 e. The van der Waals surface area contributed by atoms with Crippen molar-refractivity contribution in [2.75, 3.05) is 25.0 Å². The number of aromatic nitrogens is 2. The Morgan fingerprint density at radius 2 is 2.15 bits per heavy atom. The molecule has 1 saturated heterocycles. The summed E-state index contributed by atoms with van der Waals surface area (Å²) in [5.41, 5.74) is 11.2. The predicted molar refractivity (Wildman–Crippen MR) is 124 cm³/mol. The fourth-order valence-corrected chi connectivity index (χ4v) is 4.18. The fraction of sp³-hybridized carbons (Fsp3) is 0.292. The average molecular weight is 446 g/mol. The molecule has 0 saturated carbocycles. The van der Waals surface area contributed by atoms with Crippen LogP contribution in [0.2, 0.25) is 0 Å². The topological polar surface area (TPSA) is 103 Å². The lowest BCUT2D eigenvalue weighted by atomic mass is 10.1. The molecule has 4 heterocycles. The minimum absolute atomic E-state index is 0.0180. The third-order valence-electron chi connectivity index (χ3n) is 6.00. The van der Waals surface area contributed by atoms with Gasteiger partial charge in [-0.1, -0.05) is 12.1 Å². The van der Waals surface area contributed by atoms with Gasteiger partial charge in [-0.3, -0.25) is 19.7 Å². The smallest absolute Gasteiger partial charge is 0.251 e. The molecule has 0 radical (unpaired) electrons. The largest absolute Gasteiger partial charge is 0.490 e. The Kier molecular flexibility index (Phi) is 6.16. The molecular formula is C24H27N7O2. The summed E-state index contributed by atoms with van der Waals surface area (Å²) < 4.78 is 5.86. The molecule has 0 aliphatic carbocycles. The molecule has 2 aromatic heterocycles. The molecule has 2 unspecified atom stereocenters. The maximum absolute atomic E-state index is 12.7. The normalized spacial score (nSPS) is 19.7. The number of amides is 1. The highest BCUT2D eigenvalue weighted by Crippen LogP contribution is 2.32. The van der Waals surface area contributed by atoms with Crippen LogP contribution in [0.25, 0.3) is 0 Å². The molecule has 1 fully saturated rings. The second kappa shape index (κ2) is 9.53. The minimum atomic E-state index is -0.126. The number of anilines is 1. The van der Waals surface area contributed by atoms with E-state index in [0.29, 0.717) is 25.3 Å². The molecule has 33 heavy (non-hydrogen) atoms. The monoisotopic (exact) mass is 445 g/mol. The third kappa shape index (κ3) is 4.65. The number of benzene rings is 1. The molecule has 3 aromatic rings. The van der Waals surface area contributed by atoms with Gasteiger partial charge >= 0.3 is 0 Å². The van der Waals surface area contributed by atoms with Crippen LogP contribution in [0.1, 0.15) is 33.3 Å². The van der Waals surface area contributed by atoms with E-state index >= 15 is 0 Å². The van der Waals surface area contributed by atoms with Crippen molar-refractivity contribution in [3.05, 3.63) is 83.4 Å². The molecule has 1 amide bonds. The first-order valence-electron chi connectivity index (χ1n) is 11.1. The number of nitrogens with zero attached hydrogens (tertiary/aromatic N) is 3. The van der Waals surface area contributed by atoms with E-state index in [9.17, 15) is 4.79 Å². The van der Waals surface area contributed by atoms with E-state index in [0.717, 1.165) is 34.8 Å². The lowest BCUT2D eigenvalue weighted by Crippen LogP contribution is -2.43. The molecule has 2 aliphatic rings. The van der Waals surface area contributed by atoms with Crippen molar-refractivity contribution in [1.82, 2.24) is 31.0 Å². The number of ether oxygens (including phenoxy) is 1. The average Bonchev–Trinajstić information content (AvgIpc) is 3.15. The van der Waals surface area contributed by atoms with E-state index in [2.05, 4.69) is 36.4 Å². The summed E-state index contributed by atoms with van der Waals surface area (Å²) in [6.07, 6.45) is 5.36. The lowest BCUT2D eigenvalue weighted by Gasteiger charge is -2.26. The van der Waals surface area contributed by atoms with Gasteiger partial charge < -0.3 is 15.4 Å². The van der Waals surface area contributed by atoms with Gasteiger partial charge in [-0.2, -0.15) is 0 Å². The molecular weight excluding hydrogens is 418 g/mol. The van der Waals surface area contributed by atoms with Crippen LogP contribution >= 0.6 is 0 Å². The highest BCUT2D eigenvalue weighted by atomic mass is 16.5. The van der Waals surface area contributed by atoms with Crippen LogP contribution in [0.15, 0.2) is 61.1 Å². The highest BCUT2D eigenvalue weighted by Gasteiger charge is 2.36. The maximum atomic E-state index is 12.7. The van der Waals surface area contributed by atoms with Gasteiger partial charge in [0.2, 0.25) is 0 Å². The number of carbonyl (C=O) groups excluding carboxylic acids is 1. The zero-order chi connectivity index (χ0) is 22.6. The second-order valence-corrected chi connectivity index (χ2v) is 8.12. The van der Waals surface area contributed by atoms with Crippen LogP contribution in [0.4, 0.5) is 5.69 Å². The Hall–Kier alpha value is -3.53. The van der Waals surface area contributed by atoms with Gasteiger partial charge in [0.15, 0.2) is 0 Å². The molecule has 5 rings (SSSR count). The summed E-state index contributed by atoms with van der Waals surface area (Å²) in [5, 5.41) is 6.41. The SMILES string of the molecule is Cc1cccnc1CNC(=O)c1cccc(NCC2NNC3c4ccncc4OCCN23)c1. The Balaban J connectivity index is 1.20. The third-order valence-corrected chi connectivity index (χ3v) is 6.00. The number of nitrogens with one attached hydrogen (secondary N) is 4. The number of aryl methyl sites for hydroxylation is 1. The van der Waals surface area contributed by atoms with Gasteiger partial charge in [0, 0.05) is 42.3 Å². The van der Waals surface area contributed by atoms with Crippen molar-refractivity contribution < 1.29 is 9.53 Å². The van der Waals surface area contributed by atoms with Crippen LogP contribution in [0.3, 0.4) is 0 Å². The molecule has 0 spiro atoms. The van der Waals surface area contributed by atoms with Gasteiger partial charge in [0.25, 0.3) is 5.91 Å². The van der Waals surface area contributed by atoms with E-state index in [-0.39, 0.29) is 18.2 Å². The molecule has 9 nitrogen and oxygen atoms in total. The molecule has 1 aromatic carbocycles. The minimum Gasteiger partial charge on any atom is -0.490 e. The van der Waals surface area contributed by atoms with Crippen LogP contribution < -0.4 is 26.2 Å². The number of pyridine rings is 2. The molecule has 9 heteroatoms. The lowest BCUT2D eigenvalue weighted by molar-refractivity contribution is 0.0950. The zero-order valence-electron chi connectivity index (χ0n) is 18.4. The standard InChI is InChI=1S/C24H27N7O2/c1-16-4-3-8-26-20(16)13-28-24(32)17-5-2-6-18(12-17)27-15-22-29-30-23-19-7-9-25-14-21(19)33-11-10-31(22)23/h2-9,12,14,22-23,27,29-30H,10-11,13,15H2,1H3,(H,28,32). The Morgan fingerprint density at radius 1 is 1.21 bits per heavy atom. The van der Waals surface area contributed by atoms with E-state index in [1.165, 1.54) is 0 Å². The van der Waals surface area contributed by atoms with Crippen LogP contribution in [-0.2, 0) is 6.54 Å². The van der Waals surface area contributed by atoms with Gasteiger partial charge in [-0.15, -0.1) is 0 Å². The summed E-state index contributed by atoms with van der Waals surface area (Å²) >= 11 is 0. The summed E-state index contributed by atoms with van der Waals surface area (Å²) in [4.78, 5) is 23.5. The molecule has 4 N–H and O–H groups in total. The summed E-state index contributed by atoms with van der Waals surface area (Å²) in [6.45, 7) is 4.42. The first-order chi connectivity index (χ1) is 16.2.